The molecule has 1 heterocycles. The number of nitrogens with one attached hydrogen (secondary N) is 1. The van der Waals surface area contributed by atoms with Crippen LogP contribution in [-0.4, -0.2) is 37.2 Å². The highest BCUT2D eigenvalue weighted by Crippen LogP contribution is 2.29. The normalized spacial score (nSPS) is 23.8. The fourth-order valence-electron chi connectivity index (χ4n) is 3.04. The van der Waals surface area contributed by atoms with Gasteiger partial charge in [-0.15, -0.1) is 0 Å². The van der Waals surface area contributed by atoms with Gasteiger partial charge in [0.15, 0.2) is 0 Å². The van der Waals surface area contributed by atoms with Crippen LogP contribution in [0.1, 0.15) is 30.4 Å². The van der Waals surface area contributed by atoms with Crippen molar-refractivity contribution < 1.29 is 4.74 Å². The zero-order chi connectivity index (χ0) is 13.2. The molecule has 104 valence electrons. The Kier molecular flexibility index (Phi) is 3.76. The molecule has 2 aliphatic rings. The third-order valence-corrected chi connectivity index (χ3v) is 4.34. The van der Waals surface area contributed by atoms with Crippen LogP contribution in [0.15, 0.2) is 18.2 Å². The van der Waals surface area contributed by atoms with E-state index in [1.807, 2.05) is 0 Å². The maximum atomic E-state index is 5.30. The van der Waals surface area contributed by atoms with Crippen molar-refractivity contribution in [2.75, 3.05) is 20.2 Å². The predicted octanol–water partition coefficient (Wildman–Crippen LogP) is 2.33. The van der Waals surface area contributed by atoms with Crippen molar-refractivity contribution in [1.29, 1.82) is 0 Å². The molecular weight excluding hydrogens is 236 g/mol. The van der Waals surface area contributed by atoms with Gasteiger partial charge >= 0.3 is 0 Å². The number of aryl methyl sites for hydroxylation is 1. The fraction of sp³-hybridized carbons (Fsp3) is 0.625. The van der Waals surface area contributed by atoms with Gasteiger partial charge in [0.05, 0.1) is 7.11 Å². The lowest BCUT2D eigenvalue weighted by Crippen LogP contribution is -2.32. The molecule has 1 aromatic carbocycles. The molecule has 0 amide bonds. The lowest BCUT2D eigenvalue weighted by Gasteiger charge is -2.16. The van der Waals surface area contributed by atoms with Gasteiger partial charge in [-0.1, -0.05) is 12.1 Å². The smallest absolute Gasteiger partial charge is 0.121 e. The summed E-state index contributed by atoms with van der Waals surface area (Å²) in [7, 11) is 1.73. The quantitative estimate of drug-likeness (QED) is 0.879. The van der Waals surface area contributed by atoms with Crippen LogP contribution < -0.4 is 10.1 Å². The Morgan fingerprint density at radius 2 is 2.16 bits per heavy atom. The predicted molar refractivity (Wildman–Crippen MR) is 77.6 cm³/mol. The second-order valence-corrected chi connectivity index (χ2v) is 5.90. The topological polar surface area (TPSA) is 24.5 Å². The number of likely N-dealkylation sites (tertiary alicyclic amines) is 1. The molecule has 3 nitrogen and oxygen atoms in total. The number of hydrogen-bond donors (Lipinski definition) is 1. The number of nitrogens with zero attached hydrogens (tertiary/aromatic N) is 1. The van der Waals surface area contributed by atoms with E-state index in [9.17, 15) is 0 Å². The van der Waals surface area contributed by atoms with E-state index < -0.39 is 0 Å². The first-order chi connectivity index (χ1) is 9.26. The average molecular weight is 260 g/mol. The number of hydrogen-bond acceptors (Lipinski definition) is 3. The lowest BCUT2D eigenvalue weighted by molar-refractivity contribution is 0.317. The lowest BCUT2D eigenvalue weighted by atomic mass is 10.1. The molecule has 1 N–H and O–H groups in total. The zero-order valence-electron chi connectivity index (χ0n) is 12.0. The molecule has 19 heavy (non-hydrogen) atoms. The van der Waals surface area contributed by atoms with Gasteiger partial charge in [0.1, 0.15) is 5.75 Å². The highest BCUT2D eigenvalue weighted by Gasteiger charge is 2.33. The zero-order valence-corrected chi connectivity index (χ0v) is 12.0. The molecule has 1 aromatic rings. The SMILES string of the molecule is COc1ccc(CNC2CCN(C3CC3)C2)cc1C. The second-order valence-electron chi connectivity index (χ2n) is 5.90. The van der Waals surface area contributed by atoms with Crippen molar-refractivity contribution in [3.8, 4) is 5.75 Å². The summed E-state index contributed by atoms with van der Waals surface area (Å²) in [5, 5.41) is 3.69. The maximum absolute atomic E-state index is 5.30. The second kappa shape index (κ2) is 5.51. The number of rotatable bonds is 5. The van der Waals surface area contributed by atoms with Crippen LogP contribution in [0, 0.1) is 6.92 Å². The minimum atomic E-state index is 0.669. The van der Waals surface area contributed by atoms with Gasteiger partial charge in [0.2, 0.25) is 0 Å². The molecule has 0 spiro atoms. The molecule has 2 fully saturated rings. The van der Waals surface area contributed by atoms with Gasteiger partial charge in [-0.25, -0.2) is 0 Å². The first-order valence-electron chi connectivity index (χ1n) is 7.37. The van der Waals surface area contributed by atoms with Gasteiger partial charge in [-0.2, -0.15) is 0 Å². The summed E-state index contributed by atoms with van der Waals surface area (Å²) >= 11 is 0. The van der Waals surface area contributed by atoms with Crippen LogP contribution in [0.5, 0.6) is 5.75 Å². The van der Waals surface area contributed by atoms with Crippen molar-refractivity contribution in [2.24, 2.45) is 0 Å². The first-order valence-corrected chi connectivity index (χ1v) is 7.37. The van der Waals surface area contributed by atoms with Crippen molar-refractivity contribution in [3.05, 3.63) is 29.3 Å². The summed E-state index contributed by atoms with van der Waals surface area (Å²) in [6.45, 7) is 5.59. The van der Waals surface area contributed by atoms with Crippen LogP contribution in [0.25, 0.3) is 0 Å². The van der Waals surface area contributed by atoms with Gasteiger partial charge in [0, 0.05) is 31.7 Å². The first kappa shape index (κ1) is 12.9. The Hall–Kier alpha value is -1.06. The van der Waals surface area contributed by atoms with Crippen molar-refractivity contribution in [2.45, 2.75) is 44.8 Å². The Morgan fingerprint density at radius 3 is 2.84 bits per heavy atom. The average Bonchev–Trinajstić information content (AvgIpc) is 3.16. The van der Waals surface area contributed by atoms with E-state index in [0.717, 1.165) is 18.3 Å². The van der Waals surface area contributed by atoms with E-state index in [2.05, 4.69) is 35.3 Å². The Morgan fingerprint density at radius 1 is 1.32 bits per heavy atom. The summed E-state index contributed by atoms with van der Waals surface area (Å²) in [6, 6.07) is 8.03. The third kappa shape index (κ3) is 3.10. The standard InChI is InChI=1S/C16H24N2O/c1-12-9-13(3-6-16(12)19-2)10-17-14-7-8-18(11-14)15-4-5-15/h3,6,9,14-15,17H,4-5,7-8,10-11H2,1-2H3. The Balaban J connectivity index is 1.50. The van der Waals surface area contributed by atoms with Crippen LogP contribution in [0.4, 0.5) is 0 Å². The molecule has 1 unspecified atom stereocenters. The van der Waals surface area contributed by atoms with Gasteiger partial charge in [-0.05, 0) is 43.4 Å². The molecule has 1 aliphatic carbocycles. The molecular formula is C16H24N2O. The molecule has 1 saturated carbocycles. The Bertz CT molecular complexity index is 442. The summed E-state index contributed by atoms with van der Waals surface area (Å²) < 4.78 is 5.30. The molecule has 0 bridgehead atoms. The van der Waals surface area contributed by atoms with Gasteiger partial charge < -0.3 is 10.1 Å². The number of ether oxygens (including phenoxy) is 1. The molecule has 1 aliphatic heterocycles. The van der Waals surface area contributed by atoms with E-state index in [-0.39, 0.29) is 0 Å². The van der Waals surface area contributed by atoms with Crippen LogP contribution >= 0.6 is 0 Å². The summed E-state index contributed by atoms with van der Waals surface area (Å²) in [5.74, 6) is 0.976. The van der Waals surface area contributed by atoms with Gasteiger partial charge in [0.25, 0.3) is 0 Å². The molecule has 3 heteroatoms. The fourth-order valence-corrected chi connectivity index (χ4v) is 3.04. The van der Waals surface area contributed by atoms with Crippen LogP contribution in [-0.2, 0) is 6.54 Å². The van der Waals surface area contributed by atoms with Crippen molar-refractivity contribution >= 4 is 0 Å². The third-order valence-electron chi connectivity index (χ3n) is 4.34. The summed E-state index contributed by atoms with van der Waals surface area (Å²) in [6.07, 6.45) is 4.14. The maximum Gasteiger partial charge on any atom is 0.121 e. The van der Waals surface area contributed by atoms with E-state index >= 15 is 0 Å². The highest BCUT2D eigenvalue weighted by atomic mass is 16.5. The molecule has 1 saturated heterocycles. The Labute approximate surface area is 115 Å². The van der Waals surface area contributed by atoms with E-state index in [0.29, 0.717) is 6.04 Å². The minimum Gasteiger partial charge on any atom is -0.496 e. The van der Waals surface area contributed by atoms with E-state index in [1.54, 1.807) is 7.11 Å². The summed E-state index contributed by atoms with van der Waals surface area (Å²) in [4.78, 5) is 2.65. The molecule has 0 aromatic heterocycles. The van der Waals surface area contributed by atoms with Crippen molar-refractivity contribution in [3.63, 3.8) is 0 Å². The van der Waals surface area contributed by atoms with E-state index in [1.165, 1.54) is 43.5 Å². The number of benzene rings is 1. The van der Waals surface area contributed by atoms with Crippen LogP contribution in [0.3, 0.4) is 0 Å². The highest BCUT2D eigenvalue weighted by molar-refractivity contribution is 5.36. The largest absolute Gasteiger partial charge is 0.496 e. The molecule has 0 radical (unpaired) electrons. The minimum absolute atomic E-state index is 0.669. The van der Waals surface area contributed by atoms with E-state index in [4.69, 9.17) is 4.74 Å². The number of methoxy groups -OCH3 is 1. The van der Waals surface area contributed by atoms with Crippen molar-refractivity contribution in [1.82, 2.24) is 10.2 Å². The monoisotopic (exact) mass is 260 g/mol. The molecule has 3 rings (SSSR count). The van der Waals surface area contributed by atoms with Gasteiger partial charge in [-0.3, -0.25) is 4.90 Å². The van der Waals surface area contributed by atoms with Crippen LogP contribution in [0.2, 0.25) is 0 Å². The molecule has 1 atom stereocenters. The summed E-state index contributed by atoms with van der Waals surface area (Å²) in [5.41, 5.74) is 2.57.